The molecule has 13 heavy (non-hydrogen) atoms. The Bertz CT molecular complexity index is 281. The predicted molar refractivity (Wildman–Crippen MR) is 55.9 cm³/mol. The quantitative estimate of drug-likeness (QED) is 0.639. The van der Waals surface area contributed by atoms with Gasteiger partial charge in [-0.15, -0.1) is 0 Å². The molecular weight excluding hydrogens is 158 g/mol. The summed E-state index contributed by atoms with van der Waals surface area (Å²) in [5.41, 5.74) is 2.57. The van der Waals surface area contributed by atoms with Gasteiger partial charge in [0.25, 0.3) is 0 Å². The molecule has 1 aromatic rings. The zero-order chi connectivity index (χ0) is 10.1. The van der Waals surface area contributed by atoms with E-state index in [1.165, 1.54) is 5.56 Å². The van der Waals surface area contributed by atoms with Gasteiger partial charge in [-0.3, -0.25) is 4.98 Å². The molecule has 0 amide bonds. The van der Waals surface area contributed by atoms with Crippen LogP contribution < -0.4 is 0 Å². The Morgan fingerprint density at radius 2 is 1.92 bits per heavy atom. The summed E-state index contributed by atoms with van der Waals surface area (Å²) < 4.78 is 0. The molecule has 1 heteroatoms. The molecule has 1 radical (unpaired) electrons. The van der Waals surface area contributed by atoms with E-state index >= 15 is 0 Å². The minimum absolute atomic E-state index is 0.126. The number of pyridine rings is 1. The van der Waals surface area contributed by atoms with Crippen LogP contribution >= 0.6 is 0 Å². The molecule has 0 bridgehead atoms. The summed E-state index contributed by atoms with van der Waals surface area (Å²) in [6.45, 7) is 10.9. The number of aromatic nitrogens is 1. The van der Waals surface area contributed by atoms with Crippen molar-refractivity contribution in [2.24, 2.45) is 0 Å². The molecule has 0 aliphatic rings. The molecular formula is C12H18N. The number of rotatable bonds is 1. The highest BCUT2D eigenvalue weighted by molar-refractivity contribution is 5.23. The lowest BCUT2D eigenvalue weighted by atomic mass is 9.89. The smallest absolute Gasteiger partial charge is 0.0892 e. The molecule has 1 heterocycles. The third-order valence-corrected chi connectivity index (χ3v) is 2.15. The van der Waals surface area contributed by atoms with E-state index in [2.05, 4.69) is 51.9 Å². The molecule has 0 N–H and O–H groups in total. The second-order valence-electron chi connectivity index (χ2n) is 4.82. The Morgan fingerprint density at radius 3 is 2.38 bits per heavy atom. The summed E-state index contributed by atoms with van der Waals surface area (Å²) in [5.74, 6) is 0.556. The molecule has 0 saturated carbocycles. The van der Waals surface area contributed by atoms with E-state index in [4.69, 9.17) is 0 Å². The monoisotopic (exact) mass is 176 g/mol. The summed E-state index contributed by atoms with van der Waals surface area (Å²) in [7, 11) is 0. The third-order valence-electron chi connectivity index (χ3n) is 2.15. The van der Waals surface area contributed by atoms with Gasteiger partial charge in [-0.05, 0) is 23.6 Å². The van der Waals surface area contributed by atoms with Crippen molar-refractivity contribution in [3.8, 4) is 0 Å². The molecule has 0 spiro atoms. The highest BCUT2D eigenvalue weighted by Gasteiger charge is 2.15. The molecule has 0 saturated heterocycles. The Kier molecular flexibility index (Phi) is 2.74. The van der Waals surface area contributed by atoms with Crippen LogP contribution in [0.2, 0.25) is 0 Å². The van der Waals surface area contributed by atoms with Crippen LogP contribution in [0, 0.1) is 6.20 Å². The number of hydrogen-bond donors (Lipinski definition) is 0. The normalized spacial score (nSPS) is 12.2. The molecule has 1 rings (SSSR count). The van der Waals surface area contributed by atoms with E-state index in [9.17, 15) is 0 Å². The summed E-state index contributed by atoms with van der Waals surface area (Å²) in [5, 5.41) is 0. The van der Waals surface area contributed by atoms with Gasteiger partial charge in [0.1, 0.15) is 0 Å². The van der Waals surface area contributed by atoms with Crippen molar-refractivity contribution in [2.45, 2.75) is 46.0 Å². The highest BCUT2D eigenvalue weighted by atomic mass is 14.7. The van der Waals surface area contributed by atoms with Crippen LogP contribution in [-0.4, -0.2) is 4.98 Å². The first-order valence-corrected chi connectivity index (χ1v) is 4.80. The molecule has 71 valence electrons. The predicted octanol–water partition coefficient (Wildman–Crippen LogP) is 3.30. The van der Waals surface area contributed by atoms with Crippen LogP contribution in [0.1, 0.15) is 51.8 Å². The van der Waals surface area contributed by atoms with Crippen LogP contribution in [0.4, 0.5) is 0 Å². The average molecular weight is 176 g/mol. The molecule has 0 unspecified atom stereocenters. The maximum atomic E-state index is 4.27. The zero-order valence-electron chi connectivity index (χ0n) is 9.18. The molecule has 0 atom stereocenters. The number of nitrogens with zero attached hydrogens (tertiary/aromatic N) is 1. The van der Waals surface area contributed by atoms with Crippen molar-refractivity contribution in [1.82, 2.24) is 4.98 Å². The minimum Gasteiger partial charge on any atom is -0.251 e. The first-order valence-electron chi connectivity index (χ1n) is 4.80. The fourth-order valence-electron chi connectivity index (χ4n) is 1.13. The largest absolute Gasteiger partial charge is 0.251 e. The Labute approximate surface area is 81.2 Å². The van der Waals surface area contributed by atoms with Crippen molar-refractivity contribution in [1.29, 1.82) is 0 Å². The minimum atomic E-state index is 0.126. The van der Waals surface area contributed by atoms with E-state index in [0.717, 1.165) is 5.69 Å². The fraction of sp³-hybridized carbons (Fsp3) is 0.583. The summed E-state index contributed by atoms with van der Waals surface area (Å²) in [6, 6.07) is 4.15. The molecule has 0 aliphatic heterocycles. The van der Waals surface area contributed by atoms with Gasteiger partial charge < -0.3 is 0 Å². The van der Waals surface area contributed by atoms with Crippen molar-refractivity contribution in [3.63, 3.8) is 0 Å². The molecule has 0 fully saturated rings. The second kappa shape index (κ2) is 3.49. The van der Waals surface area contributed by atoms with E-state index in [1.807, 2.05) is 6.07 Å². The average Bonchev–Trinajstić information content (AvgIpc) is 2.03. The van der Waals surface area contributed by atoms with Crippen LogP contribution in [0.3, 0.4) is 0 Å². The van der Waals surface area contributed by atoms with Gasteiger partial charge >= 0.3 is 0 Å². The summed E-state index contributed by atoms with van der Waals surface area (Å²) >= 11 is 0. The lowest BCUT2D eigenvalue weighted by Gasteiger charge is -2.18. The lowest BCUT2D eigenvalue weighted by molar-refractivity contribution is 0.566. The van der Waals surface area contributed by atoms with Gasteiger partial charge in [0.15, 0.2) is 0 Å². The van der Waals surface area contributed by atoms with Crippen LogP contribution in [0.15, 0.2) is 12.1 Å². The van der Waals surface area contributed by atoms with Crippen molar-refractivity contribution in [3.05, 3.63) is 29.6 Å². The van der Waals surface area contributed by atoms with E-state index in [1.54, 1.807) is 0 Å². The van der Waals surface area contributed by atoms with Gasteiger partial charge in [-0.1, -0.05) is 34.6 Å². The fourth-order valence-corrected chi connectivity index (χ4v) is 1.13. The second-order valence-corrected chi connectivity index (χ2v) is 4.82. The SMILES string of the molecule is CC(C)c1c[c]nc(C(C)(C)C)c1. The van der Waals surface area contributed by atoms with Crippen LogP contribution in [-0.2, 0) is 5.41 Å². The molecule has 0 aliphatic carbocycles. The van der Waals surface area contributed by atoms with Gasteiger partial charge in [-0.25, -0.2) is 0 Å². The van der Waals surface area contributed by atoms with Gasteiger partial charge in [0, 0.05) is 11.1 Å². The van der Waals surface area contributed by atoms with E-state index in [0.29, 0.717) is 5.92 Å². The number of hydrogen-bond acceptors (Lipinski definition) is 1. The maximum Gasteiger partial charge on any atom is 0.0892 e. The standard InChI is InChI=1S/C12H18N/c1-9(2)10-6-7-13-11(8-10)12(3,4)5/h6,8-9H,1-5H3. The zero-order valence-corrected chi connectivity index (χ0v) is 9.18. The van der Waals surface area contributed by atoms with Crippen molar-refractivity contribution in [2.75, 3.05) is 0 Å². The Morgan fingerprint density at radius 1 is 1.31 bits per heavy atom. The Hall–Kier alpha value is -0.850. The maximum absolute atomic E-state index is 4.27. The topological polar surface area (TPSA) is 12.9 Å². The molecule has 1 nitrogen and oxygen atoms in total. The first kappa shape index (κ1) is 10.2. The van der Waals surface area contributed by atoms with E-state index < -0.39 is 0 Å². The molecule has 0 aromatic carbocycles. The highest BCUT2D eigenvalue weighted by Crippen LogP contribution is 2.22. The van der Waals surface area contributed by atoms with Crippen LogP contribution in [0.5, 0.6) is 0 Å². The van der Waals surface area contributed by atoms with Gasteiger partial charge in [-0.2, -0.15) is 0 Å². The summed E-state index contributed by atoms with van der Waals surface area (Å²) in [6.07, 6.45) is 2.97. The van der Waals surface area contributed by atoms with Gasteiger partial charge in [0.05, 0.1) is 6.20 Å². The Balaban J connectivity index is 3.06. The third kappa shape index (κ3) is 2.55. The van der Waals surface area contributed by atoms with Crippen LogP contribution in [0.25, 0.3) is 0 Å². The van der Waals surface area contributed by atoms with Crippen molar-refractivity contribution < 1.29 is 0 Å². The molecule has 1 aromatic heterocycles. The van der Waals surface area contributed by atoms with Gasteiger partial charge in [0.2, 0.25) is 0 Å². The summed E-state index contributed by atoms with van der Waals surface area (Å²) in [4.78, 5) is 4.27. The van der Waals surface area contributed by atoms with E-state index in [-0.39, 0.29) is 5.41 Å². The first-order chi connectivity index (χ1) is 5.91. The van der Waals surface area contributed by atoms with Crippen molar-refractivity contribution >= 4 is 0 Å². The lowest BCUT2D eigenvalue weighted by Crippen LogP contribution is -2.13.